The van der Waals surface area contributed by atoms with E-state index in [4.69, 9.17) is 0 Å². The molecule has 0 saturated carbocycles. The normalized spacial score (nSPS) is 12.3. The zero-order valence-electron chi connectivity index (χ0n) is 10.6. The van der Waals surface area contributed by atoms with Gasteiger partial charge in [0, 0.05) is 12.5 Å². The summed E-state index contributed by atoms with van der Waals surface area (Å²) in [6.07, 6.45) is -3.93. The van der Waals surface area contributed by atoms with Gasteiger partial charge in [-0.1, -0.05) is 26.0 Å². The molecule has 0 spiro atoms. The Kier molecular flexibility index (Phi) is 4.04. The minimum atomic E-state index is -4.32. The van der Waals surface area contributed by atoms with Crippen LogP contribution >= 0.6 is 0 Å². The Bertz CT molecular complexity index is 421. The van der Waals surface area contributed by atoms with E-state index in [-0.39, 0.29) is 5.91 Å². The van der Waals surface area contributed by atoms with E-state index >= 15 is 0 Å². The molecule has 0 atom stereocenters. The van der Waals surface area contributed by atoms with Crippen molar-refractivity contribution in [3.05, 3.63) is 35.4 Å². The summed E-state index contributed by atoms with van der Waals surface area (Å²) in [5.74, 6) is -0.137. The average Bonchev–Trinajstić information content (AvgIpc) is 2.26. The van der Waals surface area contributed by atoms with Crippen molar-refractivity contribution in [3.63, 3.8) is 0 Å². The number of benzene rings is 1. The molecule has 0 aliphatic heterocycles. The average molecular weight is 259 g/mol. The highest BCUT2D eigenvalue weighted by molar-refractivity contribution is 5.81. The molecule has 2 nitrogen and oxygen atoms in total. The third-order valence-electron chi connectivity index (χ3n) is 2.77. The molecule has 0 aromatic heterocycles. The number of amides is 1. The molecule has 0 saturated heterocycles. The van der Waals surface area contributed by atoms with E-state index in [1.165, 1.54) is 19.2 Å². The summed E-state index contributed by atoms with van der Waals surface area (Å²) in [6.45, 7) is 3.51. The van der Waals surface area contributed by atoms with Crippen molar-refractivity contribution in [1.82, 2.24) is 5.32 Å². The van der Waals surface area contributed by atoms with Gasteiger partial charge in [0.2, 0.25) is 5.91 Å². The second kappa shape index (κ2) is 5.00. The molecule has 1 aromatic rings. The Morgan fingerprint density at radius 2 is 1.67 bits per heavy atom. The number of rotatable bonds is 3. The highest BCUT2D eigenvalue weighted by Gasteiger charge is 2.31. The van der Waals surface area contributed by atoms with E-state index in [0.717, 1.165) is 12.1 Å². The van der Waals surface area contributed by atoms with Gasteiger partial charge >= 0.3 is 6.18 Å². The fraction of sp³-hybridized carbons (Fsp3) is 0.462. The third kappa shape index (κ3) is 3.48. The van der Waals surface area contributed by atoms with Crippen LogP contribution in [0.2, 0.25) is 0 Å². The van der Waals surface area contributed by atoms with Crippen LogP contribution in [0.1, 0.15) is 25.0 Å². The topological polar surface area (TPSA) is 29.1 Å². The summed E-state index contributed by atoms with van der Waals surface area (Å²) in [7, 11) is 1.54. The van der Waals surface area contributed by atoms with E-state index in [1.807, 2.05) is 0 Å². The second-order valence-corrected chi connectivity index (χ2v) is 4.83. The Balaban J connectivity index is 2.85. The third-order valence-corrected chi connectivity index (χ3v) is 2.77. The molecular weight excluding hydrogens is 243 g/mol. The fourth-order valence-electron chi connectivity index (χ4n) is 1.74. The Hall–Kier alpha value is -1.52. The lowest BCUT2D eigenvalue weighted by Gasteiger charge is -2.22. The second-order valence-electron chi connectivity index (χ2n) is 4.83. The fourth-order valence-corrected chi connectivity index (χ4v) is 1.74. The summed E-state index contributed by atoms with van der Waals surface area (Å²) in [4.78, 5) is 11.6. The van der Waals surface area contributed by atoms with Crippen LogP contribution in [0.3, 0.4) is 0 Å². The van der Waals surface area contributed by atoms with E-state index < -0.39 is 17.2 Å². The molecule has 1 rings (SSSR count). The lowest BCUT2D eigenvalue weighted by molar-refractivity contribution is -0.137. The molecule has 0 aliphatic rings. The lowest BCUT2D eigenvalue weighted by atomic mass is 9.84. The number of hydrogen-bond acceptors (Lipinski definition) is 1. The van der Waals surface area contributed by atoms with Crippen molar-refractivity contribution in [2.45, 2.75) is 26.4 Å². The SMILES string of the molecule is CNC(=O)C(C)(C)Cc1ccc(C(F)(F)F)cc1. The summed E-state index contributed by atoms with van der Waals surface area (Å²) in [5.41, 5.74) is -0.616. The smallest absolute Gasteiger partial charge is 0.359 e. The summed E-state index contributed by atoms with van der Waals surface area (Å²) in [5, 5.41) is 2.54. The number of nitrogens with one attached hydrogen (secondary N) is 1. The zero-order valence-corrected chi connectivity index (χ0v) is 10.6. The molecule has 0 fully saturated rings. The van der Waals surface area contributed by atoms with Gasteiger partial charge in [-0.25, -0.2) is 0 Å². The maximum atomic E-state index is 12.4. The van der Waals surface area contributed by atoms with E-state index in [0.29, 0.717) is 12.0 Å². The number of halogens is 3. The van der Waals surface area contributed by atoms with Crippen LogP contribution in [0.15, 0.2) is 24.3 Å². The number of carbonyl (C=O) groups is 1. The molecule has 1 aromatic carbocycles. The van der Waals surface area contributed by atoms with Crippen molar-refractivity contribution in [2.75, 3.05) is 7.05 Å². The van der Waals surface area contributed by atoms with Gasteiger partial charge in [-0.05, 0) is 24.1 Å². The van der Waals surface area contributed by atoms with Crippen LogP contribution in [0.25, 0.3) is 0 Å². The van der Waals surface area contributed by atoms with Gasteiger partial charge in [0.1, 0.15) is 0 Å². The van der Waals surface area contributed by atoms with Gasteiger partial charge in [-0.2, -0.15) is 13.2 Å². The highest BCUT2D eigenvalue weighted by Crippen LogP contribution is 2.30. The molecule has 0 heterocycles. The van der Waals surface area contributed by atoms with Crippen molar-refractivity contribution in [1.29, 1.82) is 0 Å². The largest absolute Gasteiger partial charge is 0.416 e. The monoisotopic (exact) mass is 259 g/mol. The maximum absolute atomic E-state index is 12.4. The Morgan fingerprint density at radius 1 is 1.17 bits per heavy atom. The molecule has 0 aliphatic carbocycles. The molecule has 5 heteroatoms. The summed E-state index contributed by atoms with van der Waals surface area (Å²) >= 11 is 0. The number of hydrogen-bond donors (Lipinski definition) is 1. The zero-order chi connectivity index (χ0) is 14.0. The molecule has 0 bridgehead atoms. The van der Waals surface area contributed by atoms with Gasteiger partial charge in [-0.15, -0.1) is 0 Å². The molecule has 0 unspecified atom stereocenters. The predicted molar refractivity (Wildman–Crippen MR) is 63.0 cm³/mol. The Labute approximate surface area is 104 Å². The lowest BCUT2D eigenvalue weighted by Crippen LogP contribution is -2.36. The van der Waals surface area contributed by atoms with E-state index in [9.17, 15) is 18.0 Å². The van der Waals surface area contributed by atoms with Crippen molar-refractivity contribution in [2.24, 2.45) is 5.41 Å². The standard InChI is InChI=1S/C13H16F3NO/c1-12(2,11(18)17-3)8-9-4-6-10(7-5-9)13(14,15)16/h4-7H,8H2,1-3H3,(H,17,18). The predicted octanol–water partition coefficient (Wildman–Crippen LogP) is 3.02. The molecule has 100 valence electrons. The van der Waals surface area contributed by atoms with Crippen LogP contribution in [-0.2, 0) is 17.4 Å². The highest BCUT2D eigenvalue weighted by atomic mass is 19.4. The van der Waals surface area contributed by atoms with Gasteiger partial charge in [0.15, 0.2) is 0 Å². The molecule has 0 radical (unpaired) electrons. The van der Waals surface area contributed by atoms with Crippen LogP contribution in [-0.4, -0.2) is 13.0 Å². The maximum Gasteiger partial charge on any atom is 0.416 e. The van der Waals surface area contributed by atoms with Gasteiger partial charge in [-0.3, -0.25) is 4.79 Å². The van der Waals surface area contributed by atoms with Crippen molar-refractivity contribution < 1.29 is 18.0 Å². The van der Waals surface area contributed by atoms with Crippen LogP contribution in [0.5, 0.6) is 0 Å². The quantitative estimate of drug-likeness (QED) is 0.888. The van der Waals surface area contributed by atoms with E-state index in [1.54, 1.807) is 13.8 Å². The molecule has 18 heavy (non-hydrogen) atoms. The Morgan fingerprint density at radius 3 is 2.06 bits per heavy atom. The molecule has 1 N–H and O–H groups in total. The molecule has 1 amide bonds. The van der Waals surface area contributed by atoms with Crippen LogP contribution < -0.4 is 5.32 Å². The minimum absolute atomic E-state index is 0.137. The van der Waals surface area contributed by atoms with Crippen LogP contribution in [0, 0.1) is 5.41 Å². The number of carbonyl (C=O) groups excluding carboxylic acids is 1. The van der Waals surface area contributed by atoms with Crippen molar-refractivity contribution in [3.8, 4) is 0 Å². The van der Waals surface area contributed by atoms with Gasteiger partial charge in [0.05, 0.1) is 5.56 Å². The van der Waals surface area contributed by atoms with E-state index in [2.05, 4.69) is 5.32 Å². The first-order chi connectivity index (χ1) is 8.16. The van der Waals surface area contributed by atoms with Crippen molar-refractivity contribution >= 4 is 5.91 Å². The minimum Gasteiger partial charge on any atom is -0.359 e. The van der Waals surface area contributed by atoms with Gasteiger partial charge in [0.25, 0.3) is 0 Å². The molecular formula is C13H16F3NO. The summed E-state index contributed by atoms with van der Waals surface area (Å²) in [6, 6.07) is 4.89. The first kappa shape index (κ1) is 14.5. The van der Waals surface area contributed by atoms with Crippen LogP contribution in [0.4, 0.5) is 13.2 Å². The summed E-state index contributed by atoms with van der Waals surface area (Å²) < 4.78 is 37.1. The first-order valence-electron chi connectivity index (χ1n) is 5.55. The van der Waals surface area contributed by atoms with Gasteiger partial charge < -0.3 is 5.32 Å². The number of alkyl halides is 3. The first-order valence-corrected chi connectivity index (χ1v) is 5.55.